The number of hydrogen-bond acceptors (Lipinski definition) is 4. The molecule has 0 unspecified atom stereocenters. The van der Waals surface area contributed by atoms with Gasteiger partial charge in [-0.25, -0.2) is 0 Å². The highest BCUT2D eigenvalue weighted by molar-refractivity contribution is 6.02. The van der Waals surface area contributed by atoms with E-state index in [9.17, 15) is 9.59 Å². The van der Waals surface area contributed by atoms with Gasteiger partial charge in [0.25, 0.3) is 0 Å². The molecule has 1 amide bonds. The molecule has 3 heterocycles. The third kappa shape index (κ3) is 2.57. The molecule has 2 bridgehead atoms. The summed E-state index contributed by atoms with van der Waals surface area (Å²) in [5.74, 6) is -1.38. The molecular formula is C21H25NO4. The van der Waals surface area contributed by atoms with Crippen LogP contribution in [0.3, 0.4) is 0 Å². The van der Waals surface area contributed by atoms with Crippen LogP contribution < -0.4 is 4.90 Å². The van der Waals surface area contributed by atoms with Crippen molar-refractivity contribution in [2.24, 2.45) is 11.8 Å². The molecular weight excluding hydrogens is 330 g/mol. The lowest BCUT2D eigenvalue weighted by atomic mass is 9.77. The Bertz CT molecular complexity index is 741. The lowest BCUT2D eigenvalue weighted by Crippen LogP contribution is -2.40. The van der Waals surface area contributed by atoms with Crippen molar-refractivity contribution in [3.63, 3.8) is 0 Å². The van der Waals surface area contributed by atoms with Crippen molar-refractivity contribution in [3.05, 3.63) is 42.0 Å². The highest BCUT2D eigenvalue weighted by Gasteiger charge is 2.67. The number of esters is 1. The zero-order valence-electron chi connectivity index (χ0n) is 15.3. The third-order valence-electron chi connectivity index (χ3n) is 5.77. The van der Waals surface area contributed by atoms with Gasteiger partial charge in [0.15, 0.2) is 0 Å². The van der Waals surface area contributed by atoms with Crippen LogP contribution in [0.2, 0.25) is 0 Å². The predicted octanol–water partition coefficient (Wildman–Crippen LogP) is 2.88. The van der Waals surface area contributed by atoms with Gasteiger partial charge >= 0.3 is 5.97 Å². The van der Waals surface area contributed by atoms with E-state index >= 15 is 0 Å². The molecule has 4 rings (SSSR count). The summed E-state index contributed by atoms with van der Waals surface area (Å²) in [5, 5.41) is 0. The van der Waals surface area contributed by atoms with Gasteiger partial charge in [0, 0.05) is 5.69 Å². The second-order valence-electron chi connectivity index (χ2n) is 7.37. The highest BCUT2D eigenvalue weighted by atomic mass is 16.6. The van der Waals surface area contributed by atoms with Gasteiger partial charge in [-0.3, -0.25) is 9.59 Å². The molecule has 0 aliphatic carbocycles. The van der Waals surface area contributed by atoms with Gasteiger partial charge < -0.3 is 14.4 Å². The number of benzene rings is 1. The first kappa shape index (κ1) is 17.3. The van der Waals surface area contributed by atoms with Crippen LogP contribution in [-0.2, 0) is 25.5 Å². The number of nitrogens with zero attached hydrogens (tertiary/aromatic N) is 1. The van der Waals surface area contributed by atoms with Crippen LogP contribution in [0.4, 0.5) is 5.69 Å². The van der Waals surface area contributed by atoms with E-state index in [1.807, 2.05) is 43.3 Å². The number of rotatable bonds is 6. The number of carbonyl (C=O) groups excluding carboxylic acids is 2. The van der Waals surface area contributed by atoms with Crippen LogP contribution in [0.1, 0.15) is 32.3 Å². The number of fused-ring (bicyclic) bond motifs is 1. The summed E-state index contributed by atoms with van der Waals surface area (Å²) in [6.45, 7) is 5.01. The van der Waals surface area contributed by atoms with Gasteiger partial charge in [-0.05, 0) is 30.5 Å². The van der Waals surface area contributed by atoms with Crippen molar-refractivity contribution >= 4 is 17.6 Å². The Hall–Kier alpha value is -2.14. The summed E-state index contributed by atoms with van der Waals surface area (Å²) >= 11 is 0. The molecule has 2 saturated heterocycles. The number of ether oxygens (including phenoxy) is 2. The Labute approximate surface area is 154 Å². The second kappa shape index (κ2) is 6.54. The van der Waals surface area contributed by atoms with Gasteiger partial charge in [0.2, 0.25) is 5.91 Å². The van der Waals surface area contributed by atoms with Crippen LogP contribution in [0.5, 0.6) is 0 Å². The van der Waals surface area contributed by atoms with E-state index in [1.165, 1.54) is 5.56 Å². The Morgan fingerprint density at radius 2 is 2.08 bits per heavy atom. The van der Waals surface area contributed by atoms with Gasteiger partial charge in [0.05, 0.1) is 25.2 Å². The van der Waals surface area contributed by atoms with E-state index < -0.39 is 17.4 Å². The molecule has 3 aliphatic heterocycles. The summed E-state index contributed by atoms with van der Waals surface area (Å²) in [7, 11) is 0. The number of carbonyl (C=O) groups is 2. The molecule has 0 radical (unpaired) electrons. The summed E-state index contributed by atoms with van der Waals surface area (Å²) in [6.07, 6.45) is 6.29. The van der Waals surface area contributed by atoms with Crippen molar-refractivity contribution in [1.82, 2.24) is 0 Å². The van der Waals surface area contributed by atoms with Crippen LogP contribution in [0.25, 0.3) is 0 Å². The Balaban J connectivity index is 1.57. The normalized spacial score (nSPS) is 31.5. The topological polar surface area (TPSA) is 55.8 Å². The smallest absolute Gasteiger partial charge is 0.312 e. The largest absolute Gasteiger partial charge is 0.465 e. The molecule has 138 valence electrons. The highest BCUT2D eigenvalue weighted by Crippen LogP contribution is 2.52. The number of unbranched alkanes of at least 4 members (excludes halogenated alkanes) is 1. The van der Waals surface area contributed by atoms with E-state index in [0.717, 1.165) is 24.9 Å². The standard InChI is InChI=1S/C21H25NO4/c1-3-5-12-25-20(24)17-16-10-11-21(26-16)13-22(19(23)18(17)21)15-8-6-14(4-2)7-9-15/h6-11,16-18H,3-5,12-13H2,1-2H3/t16-,17-,18-,21+/m1/s1. The molecule has 5 nitrogen and oxygen atoms in total. The van der Waals surface area contributed by atoms with Crippen molar-refractivity contribution in [3.8, 4) is 0 Å². The average molecular weight is 355 g/mol. The summed E-state index contributed by atoms with van der Waals surface area (Å²) in [4.78, 5) is 27.5. The van der Waals surface area contributed by atoms with Crippen molar-refractivity contribution in [1.29, 1.82) is 0 Å². The van der Waals surface area contributed by atoms with E-state index in [2.05, 4.69) is 6.92 Å². The van der Waals surface area contributed by atoms with Crippen molar-refractivity contribution < 1.29 is 19.1 Å². The molecule has 26 heavy (non-hydrogen) atoms. The first-order valence-electron chi connectivity index (χ1n) is 9.54. The Kier molecular flexibility index (Phi) is 4.35. The monoisotopic (exact) mass is 355 g/mol. The molecule has 0 aromatic heterocycles. The van der Waals surface area contributed by atoms with Gasteiger partial charge in [-0.2, -0.15) is 0 Å². The van der Waals surface area contributed by atoms with E-state index in [4.69, 9.17) is 9.47 Å². The van der Waals surface area contributed by atoms with E-state index in [0.29, 0.717) is 13.2 Å². The quantitative estimate of drug-likeness (QED) is 0.447. The second-order valence-corrected chi connectivity index (χ2v) is 7.37. The maximum Gasteiger partial charge on any atom is 0.312 e. The van der Waals surface area contributed by atoms with Gasteiger partial charge in [-0.15, -0.1) is 0 Å². The zero-order chi connectivity index (χ0) is 18.3. The Morgan fingerprint density at radius 1 is 1.31 bits per heavy atom. The Morgan fingerprint density at radius 3 is 2.77 bits per heavy atom. The molecule has 0 saturated carbocycles. The molecule has 5 heteroatoms. The van der Waals surface area contributed by atoms with Crippen molar-refractivity contribution in [2.75, 3.05) is 18.1 Å². The third-order valence-corrected chi connectivity index (χ3v) is 5.77. The van der Waals surface area contributed by atoms with Crippen LogP contribution in [0.15, 0.2) is 36.4 Å². The summed E-state index contributed by atoms with van der Waals surface area (Å²) in [6, 6.07) is 8.02. The molecule has 1 aromatic rings. The molecule has 1 spiro atoms. The number of aryl methyl sites for hydroxylation is 1. The first-order chi connectivity index (χ1) is 12.6. The zero-order valence-corrected chi connectivity index (χ0v) is 15.3. The first-order valence-corrected chi connectivity index (χ1v) is 9.54. The number of hydrogen-bond donors (Lipinski definition) is 0. The molecule has 4 atom stereocenters. The van der Waals surface area contributed by atoms with E-state index in [1.54, 1.807) is 4.90 Å². The van der Waals surface area contributed by atoms with E-state index in [-0.39, 0.29) is 18.0 Å². The number of anilines is 1. The fraction of sp³-hybridized carbons (Fsp3) is 0.524. The minimum atomic E-state index is -0.695. The minimum absolute atomic E-state index is 0.0430. The fourth-order valence-electron chi connectivity index (χ4n) is 4.31. The fourth-order valence-corrected chi connectivity index (χ4v) is 4.31. The van der Waals surface area contributed by atoms with Crippen LogP contribution >= 0.6 is 0 Å². The summed E-state index contributed by atoms with van der Waals surface area (Å²) in [5.41, 5.74) is 1.39. The number of amides is 1. The lowest BCUT2D eigenvalue weighted by molar-refractivity contribution is -0.152. The maximum absolute atomic E-state index is 13.2. The molecule has 1 aromatic carbocycles. The lowest BCUT2D eigenvalue weighted by Gasteiger charge is -2.22. The molecule has 2 fully saturated rings. The van der Waals surface area contributed by atoms with Crippen molar-refractivity contribution in [2.45, 2.75) is 44.8 Å². The molecule has 3 aliphatic rings. The average Bonchev–Trinajstić information content (AvgIpc) is 3.30. The SMILES string of the molecule is CCCCOC(=O)[C@@H]1[C@H]2C=C[C@@]3(CN(c4ccc(CC)cc4)C(=O)[C@@H]13)O2. The predicted molar refractivity (Wildman–Crippen MR) is 97.8 cm³/mol. The van der Waals surface area contributed by atoms with Gasteiger partial charge in [0.1, 0.15) is 11.5 Å². The summed E-state index contributed by atoms with van der Waals surface area (Å²) < 4.78 is 11.5. The van der Waals surface area contributed by atoms with Gasteiger partial charge in [-0.1, -0.05) is 44.6 Å². The van der Waals surface area contributed by atoms with Crippen LogP contribution in [0, 0.1) is 11.8 Å². The minimum Gasteiger partial charge on any atom is -0.465 e. The maximum atomic E-state index is 13.2. The molecule has 0 N–H and O–H groups in total. The van der Waals surface area contributed by atoms with Crippen LogP contribution in [-0.4, -0.2) is 36.7 Å².